The second-order valence-corrected chi connectivity index (χ2v) is 5.54. The van der Waals surface area contributed by atoms with E-state index in [2.05, 4.69) is 27.9 Å². The summed E-state index contributed by atoms with van der Waals surface area (Å²) in [5.74, 6) is 0.0237. The Morgan fingerprint density at radius 3 is 2.53 bits per heavy atom. The molecular formula is C12H14BrClN2O. The molecule has 1 amide bonds. The minimum atomic E-state index is 0.0237. The Morgan fingerprint density at radius 1 is 1.29 bits per heavy atom. The molecule has 0 spiro atoms. The number of halogens is 2. The third-order valence-electron chi connectivity index (χ3n) is 2.95. The summed E-state index contributed by atoms with van der Waals surface area (Å²) in [7, 11) is 2.06. The van der Waals surface area contributed by atoms with Crippen molar-refractivity contribution in [1.29, 1.82) is 0 Å². The Bertz CT molecular complexity index is 431. The quantitative estimate of drug-likeness (QED) is 0.794. The topological polar surface area (TPSA) is 23.6 Å². The second kappa shape index (κ2) is 5.38. The summed E-state index contributed by atoms with van der Waals surface area (Å²) in [6.07, 6.45) is 0. The van der Waals surface area contributed by atoms with Gasteiger partial charge in [0.15, 0.2) is 0 Å². The van der Waals surface area contributed by atoms with Gasteiger partial charge in [0.05, 0.1) is 10.6 Å². The van der Waals surface area contributed by atoms with Gasteiger partial charge in [-0.05, 0) is 25.2 Å². The highest BCUT2D eigenvalue weighted by molar-refractivity contribution is 9.10. The lowest BCUT2D eigenvalue weighted by molar-refractivity contribution is 0.0664. The molecular weight excluding hydrogens is 304 g/mol. The number of nitrogens with zero attached hydrogens (tertiary/aromatic N) is 2. The average molecular weight is 318 g/mol. The van der Waals surface area contributed by atoms with Crippen molar-refractivity contribution in [3.05, 3.63) is 33.3 Å². The number of rotatable bonds is 1. The maximum atomic E-state index is 12.2. The van der Waals surface area contributed by atoms with Crippen LogP contribution < -0.4 is 0 Å². The van der Waals surface area contributed by atoms with Gasteiger partial charge in [-0.2, -0.15) is 0 Å². The molecule has 0 bridgehead atoms. The van der Waals surface area contributed by atoms with Gasteiger partial charge in [0, 0.05) is 30.7 Å². The molecule has 1 saturated heterocycles. The van der Waals surface area contributed by atoms with Crippen LogP contribution >= 0.6 is 27.5 Å². The molecule has 1 heterocycles. The van der Waals surface area contributed by atoms with Crippen molar-refractivity contribution in [1.82, 2.24) is 9.80 Å². The van der Waals surface area contributed by atoms with Crippen molar-refractivity contribution in [2.75, 3.05) is 33.2 Å². The molecule has 0 aliphatic carbocycles. The Labute approximate surface area is 114 Å². The summed E-state index contributed by atoms with van der Waals surface area (Å²) < 4.78 is 0.887. The van der Waals surface area contributed by atoms with Gasteiger partial charge in [0.1, 0.15) is 0 Å². The lowest BCUT2D eigenvalue weighted by Gasteiger charge is -2.32. The van der Waals surface area contributed by atoms with Crippen molar-refractivity contribution >= 4 is 33.4 Å². The normalized spacial score (nSPS) is 17.2. The van der Waals surface area contributed by atoms with Crippen LogP contribution in [0.3, 0.4) is 0 Å². The van der Waals surface area contributed by atoms with Crippen LogP contribution in [0.2, 0.25) is 5.02 Å². The molecule has 1 aliphatic rings. The van der Waals surface area contributed by atoms with Crippen LogP contribution in [0.25, 0.3) is 0 Å². The lowest BCUT2D eigenvalue weighted by Crippen LogP contribution is -2.47. The Hall–Kier alpha value is -0.580. The highest BCUT2D eigenvalue weighted by atomic mass is 79.9. The first-order chi connectivity index (χ1) is 8.08. The van der Waals surface area contributed by atoms with E-state index in [9.17, 15) is 4.79 Å². The SMILES string of the molecule is CN1CCN(C(=O)c2ccc(Br)cc2Cl)CC1. The van der Waals surface area contributed by atoms with Crippen LogP contribution in [-0.2, 0) is 0 Å². The van der Waals surface area contributed by atoms with Crippen LogP contribution in [0.5, 0.6) is 0 Å². The largest absolute Gasteiger partial charge is 0.336 e. The smallest absolute Gasteiger partial charge is 0.255 e. The van der Waals surface area contributed by atoms with Gasteiger partial charge in [0.2, 0.25) is 0 Å². The van der Waals surface area contributed by atoms with E-state index in [-0.39, 0.29) is 5.91 Å². The van der Waals surface area contributed by atoms with Crippen molar-refractivity contribution < 1.29 is 4.79 Å². The van der Waals surface area contributed by atoms with E-state index in [0.29, 0.717) is 10.6 Å². The van der Waals surface area contributed by atoms with Gasteiger partial charge in [0.25, 0.3) is 5.91 Å². The van der Waals surface area contributed by atoms with Crippen LogP contribution in [0.4, 0.5) is 0 Å². The number of benzene rings is 1. The molecule has 1 aromatic rings. The van der Waals surface area contributed by atoms with Gasteiger partial charge in [-0.15, -0.1) is 0 Å². The standard InChI is InChI=1S/C12H14BrClN2O/c1-15-4-6-16(7-5-15)12(17)10-3-2-9(13)8-11(10)14/h2-3,8H,4-7H2,1H3. The van der Waals surface area contributed by atoms with Crippen molar-refractivity contribution in [2.45, 2.75) is 0 Å². The zero-order chi connectivity index (χ0) is 12.4. The molecule has 2 rings (SSSR count). The van der Waals surface area contributed by atoms with Crippen molar-refractivity contribution in [3.63, 3.8) is 0 Å². The predicted octanol–water partition coefficient (Wildman–Crippen LogP) is 2.49. The number of hydrogen-bond donors (Lipinski definition) is 0. The third-order valence-corrected chi connectivity index (χ3v) is 3.76. The monoisotopic (exact) mass is 316 g/mol. The minimum absolute atomic E-state index is 0.0237. The van der Waals surface area contributed by atoms with Gasteiger partial charge >= 0.3 is 0 Å². The zero-order valence-electron chi connectivity index (χ0n) is 9.62. The summed E-state index contributed by atoms with van der Waals surface area (Å²) in [5.41, 5.74) is 0.583. The lowest BCUT2D eigenvalue weighted by atomic mass is 10.2. The molecule has 5 heteroatoms. The highest BCUT2D eigenvalue weighted by Crippen LogP contribution is 2.23. The molecule has 1 fully saturated rings. The maximum Gasteiger partial charge on any atom is 0.255 e. The number of hydrogen-bond acceptors (Lipinski definition) is 2. The summed E-state index contributed by atoms with van der Waals surface area (Å²) >= 11 is 9.42. The molecule has 1 aromatic carbocycles. The Kier molecular flexibility index (Phi) is 4.07. The molecule has 1 aliphatic heterocycles. The summed E-state index contributed by atoms with van der Waals surface area (Å²) in [6.45, 7) is 3.36. The van der Waals surface area contributed by atoms with E-state index in [1.807, 2.05) is 11.0 Å². The van der Waals surface area contributed by atoms with Crippen LogP contribution in [-0.4, -0.2) is 48.9 Å². The van der Waals surface area contributed by atoms with E-state index in [4.69, 9.17) is 11.6 Å². The zero-order valence-corrected chi connectivity index (χ0v) is 12.0. The minimum Gasteiger partial charge on any atom is -0.336 e. The number of likely N-dealkylation sites (N-methyl/N-ethyl adjacent to an activating group) is 1. The number of carbonyl (C=O) groups is 1. The highest BCUT2D eigenvalue weighted by Gasteiger charge is 2.21. The molecule has 17 heavy (non-hydrogen) atoms. The first kappa shape index (κ1) is 12.9. The number of piperazine rings is 1. The molecule has 0 saturated carbocycles. The maximum absolute atomic E-state index is 12.2. The summed E-state index contributed by atoms with van der Waals surface area (Å²) in [5, 5.41) is 0.503. The Balaban J connectivity index is 2.14. The molecule has 0 aromatic heterocycles. The average Bonchev–Trinajstić information content (AvgIpc) is 2.29. The number of amides is 1. The second-order valence-electron chi connectivity index (χ2n) is 4.22. The molecule has 0 atom stereocenters. The third kappa shape index (κ3) is 3.00. The van der Waals surface area contributed by atoms with E-state index < -0.39 is 0 Å². The van der Waals surface area contributed by atoms with Crippen LogP contribution in [0.15, 0.2) is 22.7 Å². The summed E-state index contributed by atoms with van der Waals surface area (Å²) in [4.78, 5) is 16.3. The van der Waals surface area contributed by atoms with Crippen LogP contribution in [0.1, 0.15) is 10.4 Å². The van der Waals surface area contributed by atoms with E-state index in [1.54, 1.807) is 12.1 Å². The van der Waals surface area contributed by atoms with E-state index >= 15 is 0 Å². The van der Waals surface area contributed by atoms with Gasteiger partial charge in [-0.3, -0.25) is 4.79 Å². The van der Waals surface area contributed by atoms with Gasteiger partial charge < -0.3 is 9.80 Å². The fourth-order valence-electron chi connectivity index (χ4n) is 1.84. The van der Waals surface area contributed by atoms with E-state index in [0.717, 1.165) is 30.7 Å². The molecule has 0 N–H and O–H groups in total. The van der Waals surface area contributed by atoms with Crippen LogP contribution in [0, 0.1) is 0 Å². The van der Waals surface area contributed by atoms with Crippen molar-refractivity contribution in [3.8, 4) is 0 Å². The molecule has 3 nitrogen and oxygen atoms in total. The fraction of sp³-hybridized carbons (Fsp3) is 0.417. The summed E-state index contributed by atoms with van der Waals surface area (Å²) in [6, 6.07) is 5.37. The molecule has 0 radical (unpaired) electrons. The Morgan fingerprint density at radius 2 is 1.94 bits per heavy atom. The first-order valence-corrected chi connectivity index (χ1v) is 6.68. The number of carbonyl (C=O) groups excluding carboxylic acids is 1. The molecule has 0 unspecified atom stereocenters. The van der Waals surface area contributed by atoms with Gasteiger partial charge in [-0.25, -0.2) is 0 Å². The predicted molar refractivity (Wildman–Crippen MR) is 72.6 cm³/mol. The van der Waals surface area contributed by atoms with E-state index in [1.165, 1.54) is 0 Å². The first-order valence-electron chi connectivity index (χ1n) is 5.51. The fourth-order valence-corrected chi connectivity index (χ4v) is 2.60. The van der Waals surface area contributed by atoms with Crippen molar-refractivity contribution in [2.24, 2.45) is 0 Å². The van der Waals surface area contributed by atoms with Gasteiger partial charge in [-0.1, -0.05) is 27.5 Å². The molecule has 92 valence electrons.